The molecule has 2 saturated heterocycles. The Morgan fingerprint density at radius 1 is 1.23 bits per heavy atom. The quantitative estimate of drug-likeness (QED) is 0.803. The summed E-state index contributed by atoms with van der Waals surface area (Å²) < 4.78 is 10.4. The predicted molar refractivity (Wildman–Crippen MR) is 83.5 cm³/mol. The van der Waals surface area contributed by atoms with Crippen LogP contribution in [-0.4, -0.2) is 72.7 Å². The number of carbonyl (C=O) groups excluding carboxylic acids is 1. The Bertz CT molecular complexity index is 386. The van der Waals surface area contributed by atoms with Crippen molar-refractivity contribution in [3.63, 3.8) is 0 Å². The van der Waals surface area contributed by atoms with Gasteiger partial charge in [-0.05, 0) is 52.0 Å². The predicted octanol–water partition coefficient (Wildman–Crippen LogP) is 1.67. The van der Waals surface area contributed by atoms with E-state index in [0.29, 0.717) is 6.54 Å². The molecule has 22 heavy (non-hydrogen) atoms. The smallest absolute Gasteiger partial charge is 0.410 e. The van der Waals surface area contributed by atoms with Gasteiger partial charge in [0.2, 0.25) is 0 Å². The molecule has 1 N–H and O–H groups in total. The van der Waals surface area contributed by atoms with Crippen molar-refractivity contribution in [1.82, 2.24) is 9.80 Å². The number of methoxy groups -OCH3 is 1. The van der Waals surface area contributed by atoms with Crippen molar-refractivity contribution in [3.8, 4) is 0 Å². The molecule has 0 aromatic heterocycles. The molecule has 2 aliphatic heterocycles. The van der Waals surface area contributed by atoms with Crippen LogP contribution in [0, 0.1) is 5.41 Å². The number of hydrogen-bond donors (Lipinski definition) is 1. The molecule has 1 unspecified atom stereocenters. The molecule has 2 fully saturated rings. The summed E-state index contributed by atoms with van der Waals surface area (Å²) in [6.45, 7) is 9.74. The monoisotopic (exact) mass is 314 g/mol. The van der Waals surface area contributed by atoms with Crippen LogP contribution in [0.5, 0.6) is 0 Å². The van der Waals surface area contributed by atoms with Crippen molar-refractivity contribution in [3.05, 3.63) is 0 Å². The Morgan fingerprint density at radius 2 is 1.82 bits per heavy atom. The van der Waals surface area contributed by atoms with E-state index in [4.69, 9.17) is 9.47 Å². The van der Waals surface area contributed by atoms with Gasteiger partial charge >= 0.3 is 6.09 Å². The standard InChI is InChI=1S/C16H30N2O4/c1-15(2,3)22-14(20)18-9-6-16(7-10-18)5-8-17(12-16)11-13(19)21-4/h13,19H,5-12H2,1-4H3. The zero-order valence-electron chi connectivity index (χ0n) is 14.3. The van der Waals surface area contributed by atoms with Crippen LogP contribution in [0.25, 0.3) is 0 Å². The summed E-state index contributed by atoms with van der Waals surface area (Å²) in [4.78, 5) is 16.2. The van der Waals surface area contributed by atoms with E-state index in [9.17, 15) is 9.90 Å². The third-order valence-electron chi connectivity index (χ3n) is 4.68. The van der Waals surface area contributed by atoms with Gasteiger partial charge < -0.3 is 19.5 Å². The van der Waals surface area contributed by atoms with Gasteiger partial charge in [0, 0.05) is 33.3 Å². The van der Waals surface area contributed by atoms with Gasteiger partial charge in [-0.1, -0.05) is 0 Å². The van der Waals surface area contributed by atoms with Crippen molar-refractivity contribution in [1.29, 1.82) is 0 Å². The molecule has 2 rings (SSSR count). The first-order valence-electron chi connectivity index (χ1n) is 8.14. The van der Waals surface area contributed by atoms with Gasteiger partial charge in [0.05, 0.1) is 0 Å². The van der Waals surface area contributed by atoms with Crippen LogP contribution in [0.4, 0.5) is 4.79 Å². The van der Waals surface area contributed by atoms with Gasteiger partial charge in [-0.25, -0.2) is 4.79 Å². The summed E-state index contributed by atoms with van der Waals surface area (Å²) in [5.74, 6) is 0. The van der Waals surface area contributed by atoms with Crippen LogP contribution in [0.2, 0.25) is 0 Å². The normalized spacial score (nSPS) is 23.8. The number of aliphatic hydroxyl groups excluding tert-OH is 1. The Balaban J connectivity index is 1.81. The second kappa shape index (κ2) is 6.72. The Hall–Kier alpha value is -0.850. The van der Waals surface area contributed by atoms with E-state index < -0.39 is 11.9 Å². The molecule has 0 aromatic carbocycles. The molecule has 0 saturated carbocycles. The van der Waals surface area contributed by atoms with Gasteiger partial charge in [0.1, 0.15) is 5.60 Å². The number of nitrogens with zero attached hydrogens (tertiary/aromatic N) is 2. The van der Waals surface area contributed by atoms with Crippen molar-refractivity contribution < 1.29 is 19.4 Å². The van der Waals surface area contributed by atoms with Crippen molar-refractivity contribution in [2.75, 3.05) is 39.8 Å². The minimum atomic E-state index is -0.711. The lowest BCUT2D eigenvalue weighted by atomic mass is 9.78. The first-order chi connectivity index (χ1) is 10.2. The molecule has 0 radical (unpaired) electrons. The Kier molecular flexibility index (Phi) is 5.35. The minimum absolute atomic E-state index is 0.202. The van der Waals surface area contributed by atoms with Gasteiger partial charge in [0.15, 0.2) is 6.29 Å². The maximum atomic E-state index is 12.1. The number of piperidine rings is 1. The summed E-state index contributed by atoms with van der Waals surface area (Å²) in [5.41, 5.74) is -0.154. The number of hydrogen-bond acceptors (Lipinski definition) is 5. The first-order valence-corrected chi connectivity index (χ1v) is 8.14. The van der Waals surface area contributed by atoms with E-state index in [1.807, 2.05) is 25.7 Å². The fourth-order valence-electron chi connectivity index (χ4n) is 3.38. The number of likely N-dealkylation sites (tertiary alicyclic amines) is 2. The van der Waals surface area contributed by atoms with Gasteiger partial charge in [-0.15, -0.1) is 0 Å². The number of amides is 1. The molecule has 0 aliphatic carbocycles. The van der Waals surface area contributed by atoms with Gasteiger partial charge in [-0.3, -0.25) is 4.90 Å². The lowest BCUT2D eigenvalue weighted by Crippen LogP contribution is -2.46. The third-order valence-corrected chi connectivity index (χ3v) is 4.68. The van der Waals surface area contributed by atoms with Crippen LogP contribution in [0.15, 0.2) is 0 Å². The SMILES string of the molecule is COC(O)CN1CCC2(CCN(C(=O)OC(C)(C)C)CC2)C1. The zero-order valence-corrected chi connectivity index (χ0v) is 14.3. The fourth-order valence-corrected chi connectivity index (χ4v) is 3.38. The van der Waals surface area contributed by atoms with Gasteiger partial charge in [-0.2, -0.15) is 0 Å². The average molecular weight is 314 g/mol. The fraction of sp³-hybridized carbons (Fsp3) is 0.938. The molecule has 2 heterocycles. The highest BCUT2D eigenvalue weighted by Crippen LogP contribution is 2.40. The molecule has 2 aliphatic rings. The summed E-state index contributed by atoms with van der Waals surface area (Å²) in [7, 11) is 1.52. The second-order valence-corrected chi connectivity index (χ2v) is 7.64. The lowest BCUT2D eigenvalue weighted by Gasteiger charge is -2.39. The van der Waals surface area contributed by atoms with Crippen molar-refractivity contribution >= 4 is 6.09 Å². The largest absolute Gasteiger partial charge is 0.444 e. The lowest BCUT2D eigenvalue weighted by molar-refractivity contribution is -0.0893. The van der Waals surface area contributed by atoms with Gasteiger partial charge in [0.25, 0.3) is 0 Å². The number of ether oxygens (including phenoxy) is 2. The number of rotatable bonds is 3. The van der Waals surface area contributed by atoms with E-state index >= 15 is 0 Å². The maximum absolute atomic E-state index is 12.1. The van der Waals surface area contributed by atoms with Crippen LogP contribution >= 0.6 is 0 Å². The molecule has 1 atom stereocenters. The van der Waals surface area contributed by atoms with Crippen LogP contribution < -0.4 is 0 Å². The van der Waals surface area contributed by atoms with E-state index in [0.717, 1.165) is 45.4 Å². The van der Waals surface area contributed by atoms with E-state index in [1.54, 1.807) is 0 Å². The van der Waals surface area contributed by atoms with E-state index in [1.165, 1.54) is 7.11 Å². The number of β-amino-alcohol motifs (C(OH)–C–C–N with tert-alkyl or cyclic N) is 1. The van der Waals surface area contributed by atoms with Crippen LogP contribution in [-0.2, 0) is 9.47 Å². The van der Waals surface area contributed by atoms with Crippen LogP contribution in [0.3, 0.4) is 0 Å². The highest BCUT2D eigenvalue weighted by atomic mass is 16.6. The molecule has 0 bridgehead atoms. The zero-order chi connectivity index (χ0) is 16.4. The molecule has 0 aromatic rings. The molecular formula is C16H30N2O4. The minimum Gasteiger partial charge on any atom is -0.444 e. The molecule has 1 spiro atoms. The second-order valence-electron chi connectivity index (χ2n) is 7.64. The topological polar surface area (TPSA) is 62.2 Å². The van der Waals surface area contributed by atoms with Crippen LogP contribution in [0.1, 0.15) is 40.0 Å². The molecule has 6 heteroatoms. The van der Waals surface area contributed by atoms with Crippen molar-refractivity contribution in [2.45, 2.75) is 51.9 Å². The molecule has 128 valence electrons. The highest BCUT2D eigenvalue weighted by Gasteiger charge is 2.42. The molecular weight excluding hydrogens is 284 g/mol. The molecule has 6 nitrogen and oxygen atoms in total. The first kappa shape index (κ1) is 17.5. The summed E-state index contributed by atoms with van der Waals surface area (Å²) in [5, 5.41) is 9.59. The summed E-state index contributed by atoms with van der Waals surface area (Å²) >= 11 is 0. The number of aliphatic hydroxyl groups is 1. The Morgan fingerprint density at radius 3 is 2.36 bits per heavy atom. The maximum Gasteiger partial charge on any atom is 0.410 e. The van der Waals surface area contributed by atoms with E-state index in [2.05, 4.69) is 4.90 Å². The average Bonchev–Trinajstić information content (AvgIpc) is 2.80. The highest BCUT2D eigenvalue weighted by molar-refractivity contribution is 5.68. The number of carbonyl (C=O) groups is 1. The summed E-state index contributed by atoms with van der Waals surface area (Å²) in [6.07, 6.45) is 2.23. The Labute approximate surface area is 133 Å². The summed E-state index contributed by atoms with van der Waals surface area (Å²) in [6, 6.07) is 0. The third kappa shape index (κ3) is 4.57. The van der Waals surface area contributed by atoms with E-state index in [-0.39, 0.29) is 11.5 Å². The van der Waals surface area contributed by atoms with Crippen molar-refractivity contribution in [2.24, 2.45) is 5.41 Å². The molecule has 1 amide bonds.